The largest absolute Gasteiger partial charge is 0.385 e. The van der Waals surface area contributed by atoms with Gasteiger partial charge in [-0.15, -0.1) is 0 Å². The molecule has 64 valence electrons. The van der Waals surface area contributed by atoms with Crippen molar-refractivity contribution >= 4 is 21.8 Å². The van der Waals surface area contributed by atoms with E-state index in [2.05, 4.69) is 21.2 Å². The van der Waals surface area contributed by atoms with Crippen molar-refractivity contribution in [3.63, 3.8) is 0 Å². The fourth-order valence-corrected chi connectivity index (χ4v) is 1.65. The Balaban J connectivity index is 2.44. The van der Waals surface area contributed by atoms with Gasteiger partial charge >= 0.3 is 0 Å². The van der Waals surface area contributed by atoms with Crippen LogP contribution in [-0.4, -0.2) is 30.5 Å². The summed E-state index contributed by atoms with van der Waals surface area (Å²) in [5, 5.41) is 2.78. The van der Waals surface area contributed by atoms with Crippen molar-refractivity contribution in [2.24, 2.45) is 0 Å². The van der Waals surface area contributed by atoms with Gasteiger partial charge in [0.05, 0.1) is 0 Å². The Morgan fingerprint density at radius 2 is 2.55 bits per heavy atom. The summed E-state index contributed by atoms with van der Waals surface area (Å²) in [6, 6.07) is 0. The molecule has 0 saturated carbocycles. The van der Waals surface area contributed by atoms with E-state index in [0.717, 1.165) is 19.4 Å². The third-order valence-electron chi connectivity index (χ3n) is 1.92. The van der Waals surface area contributed by atoms with Crippen molar-refractivity contribution in [1.29, 1.82) is 0 Å². The van der Waals surface area contributed by atoms with E-state index < -0.39 is 0 Å². The van der Waals surface area contributed by atoms with E-state index in [1.165, 1.54) is 0 Å². The van der Waals surface area contributed by atoms with Crippen LogP contribution in [0.2, 0.25) is 0 Å². The molecule has 0 aromatic carbocycles. The van der Waals surface area contributed by atoms with E-state index in [-0.39, 0.29) is 10.2 Å². The molecular weight excluding hydrogens is 210 g/mol. The van der Waals surface area contributed by atoms with Crippen molar-refractivity contribution in [3.8, 4) is 0 Å². The summed E-state index contributed by atoms with van der Waals surface area (Å²) in [5.74, 6) is 0.0922. The minimum atomic E-state index is -0.358. The first-order chi connectivity index (χ1) is 5.19. The molecule has 1 saturated heterocycles. The lowest BCUT2D eigenvalue weighted by molar-refractivity contribution is -0.121. The third-order valence-corrected chi connectivity index (χ3v) is 3.07. The monoisotopic (exact) mass is 221 g/mol. The van der Waals surface area contributed by atoms with Gasteiger partial charge in [0.25, 0.3) is 0 Å². The SMILES string of the molecule is COCCC1(Br)CCNC1=O. The average Bonchev–Trinajstić information content (AvgIpc) is 2.30. The van der Waals surface area contributed by atoms with Crippen LogP contribution in [0.25, 0.3) is 0 Å². The highest BCUT2D eigenvalue weighted by molar-refractivity contribution is 9.10. The van der Waals surface area contributed by atoms with Crippen LogP contribution in [0.5, 0.6) is 0 Å². The molecule has 0 aromatic heterocycles. The Labute approximate surface area is 74.6 Å². The molecule has 1 N–H and O–H groups in total. The molecule has 0 bridgehead atoms. The van der Waals surface area contributed by atoms with Crippen LogP contribution in [0.15, 0.2) is 0 Å². The summed E-state index contributed by atoms with van der Waals surface area (Å²) in [7, 11) is 1.64. The minimum absolute atomic E-state index is 0.0922. The molecule has 0 spiro atoms. The Kier molecular flexibility index (Phi) is 2.90. The quantitative estimate of drug-likeness (QED) is 0.713. The molecule has 1 aliphatic heterocycles. The van der Waals surface area contributed by atoms with Crippen molar-refractivity contribution < 1.29 is 9.53 Å². The maximum Gasteiger partial charge on any atom is 0.237 e. The number of alkyl halides is 1. The van der Waals surface area contributed by atoms with Crippen LogP contribution in [0.3, 0.4) is 0 Å². The van der Waals surface area contributed by atoms with Crippen LogP contribution >= 0.6 is 15.9 Å². The van der Waals surface area contributed by atoms with Gasteiger partial charge in [0, 0.05) is 20.3 Å². The van der Waals surface area contributed by atoms with Crippen molar-refractivity contribution in [2.45, 2.75) is 17.2 Å². The maximum absolute atomic E-state index is 11.2. The third kappa shape index (κ3) is 1.93. The van der Waals surface area contributed by atoms with Crippen LogP contribution in [0.1, 0.15) is 12.8 Å². The fraction of sp³-hybridized carbons (Fsp3) is 0.857. The predicted octanol–water partition coefficient (Wildman–Crippen LogP) is 0.676. The highest BCUT2D eigenvalue weighted by Crippen LogP contribution is 2.30. The van der Waals surface area contributed by atoms with E-state index in [1.54, 1.807) is 7.11 Å². The summed E-state index contributed by atoms with van der Waals surface area (Å²) < 4.78 is 4.55. The van der Waals surface area contributed by atoms with Crippen molar-refractivity contribution in [2.75, 3.05) is 20.3 Å². The smallest absolute Gasteiger partial charge is 0.237 e. The van der Waals surface area contributed by atoms with E-state index in [0.29, 0.717) is 6.61 Å². The molecule has 0 aromatic rings. The van der Waals surface area contributed by atoms with Gasteiger partial charge in [0.1, 0.15) is 4.32 Å². The molecular formula is C7H12BrNO2. The molecule has 1 amide bonds. The first-order valence-corrected chi connectivity index (χ1v) is 4.44. The Bertz CT molecular complexity index is 163. The molecule has 1 aliphatic rings. The number of rotatable bonds is 3. The number of carbonyl (C=O) groups is 1. The lowest BCUT2D eigenvalue weighted by Gasteiger charge is -2.16. The normalized spacial score (nSPS) is 30.5. The van der Waals surface area contributed by atoms with E-state index in [1.807, 2.05) is 0 Å². The number of hydrogen-bond acceptors (Lipinski definition) is 2. The van der Waals surface area contributed by atoms with Gasteiger partial charge < -0.3 is 10.1 Å². The molecule has 4 heteroatoms. The number of methoxy groups -OCH3 is 1. The molecule has 1 rings (SSSR count). The Morgan fingerprint density at radius 3 is 3.00 bits per heavy atom. The number of halogens is 1. The highest BCUT2D eigenvalue weighted by atomic mass is 79.9. The topological polar surface area (TPSA) is 38.3 Å². The van der Waals surface area contributed by atoms with E-state index in [9.17, 15) is 4.79 Å². The highest BCUT2D eigenvalue weighted by Gasteiger charge is 2.39. The Hall–Kier alpha value is -0.0900. The zero-order valence-corrected chi connectivity index (χ0v) is 8.11. The summed E-state index contributed by atoms with van der Waals surface area (Å²) in [4.78, 5) is 11.2. The van der Waals surface area contributed by atoms with Crippen LogP contribution < -0.4 is 5.32 Å². The van der Waals surface area contributed by atoms with Crippen molar-refractivity contribution in [3.05, 3.63) is 0 Å². The lowest BCUT2D eigenvalue weighted by Crippen LogP contribution is -2.32. The van der Waals surface area contributed by atoms with Gasteiger partial charge in [-0.3, -0.25) is 4.79 Å². The fourth-order valence-electron chi connectivity index (χ4n) is 1.15. The second-order valence-electron chi connectivity index (χ2n) is 2.71. The lowest BCUT2D eigenvalue weighted by atomic mass is 10.1. The van der Waals surface area contributed by atoms with Crippen molar-refractivity contribution in [1.82, 2.24) is 5.32 Å². The maximum atomic E-state index is 11.2. The Morgan fingerprint density at radius 1 is 1.82 bits per heavy atom. The summed E-state index contributed by atoms with van der Waals surface area (Å²) in [6.07, 6.45) is 1.60. The number of nitrogens with one attached hydrogen (secondary N) is 1. The first kappa shape index (κ1) is 9.00. The summed E-state index contributed by atoms with van der Waals surface area (Å²) in [5.41, 5.74) is 0. The number of amides is 1. The molecule has 1 heterocycles. The summed E-state index contributed by atoms with van der Waals surface area (Å²) >= 11 is 3.42. The van der Waals surface area contributed by atoms with E-state index in [4.69, 9.17) is 4.74 Å². The second kappa shape index (κ2) is 3.54. The number of ether oxygens (including phenoxy) is 1. The molecule has 1 atom stereocenters. The van der Waals surface area contributed by atoms with E-state index >= 15 is 0 Å². The zero-order valence-electron chi connectivity index (χ0n) is 6.52. The van der Waals surface area contributed by atoms with Gasteiger partial charge in [-0.2, -0.15) is 0 Å². The molecule has 0 radical (unpaired) electrons. The number of carbonyl (C=O) groups excluding carboxylic acids is 1. The molecule has 1 unspecified atom stereocenters. The summed E-state index contributed by atoms with van der Waals surface area (Å²) in [6.45, 7) is 1.40. The average molecular weight is 222 g/mol. The van der Waals surface area contributed by atoms with Gasteiger partial charge in [-0.05, 0) is 12.8 Å². The predicted molar refractivity (Wildman–Crippen MR) is 45.8 cm³/mol. The molecule has 3 nitrogen and oxygen atoms in total. The number of hydrogen-bond donors (Lipinski definition) is 1. The van der Waals surface area contributed by atoms with Crippen LogP contribution in [-0.2, 0) is 9.53 Å². The van der Waals surface area contributed by atoms with Gasteiger partial charge in [0.15, 0.2) is 0 Å². The standard InChI is InChI=1S/C7H12BrNO2/c1-11-5-3-7(8)2-4-9-6(7)10/h2-5H2,1H3,(H,9,10). The van der Waals surface area contributed by atoms with Crippen LogP contribution in [0.4, 0.5) is 0 Å². The van der Waals surface area contributed by atoms with Gasteiger partial charge in [-0.1, -0.05) is 15.9 Å². The van der Waals surface area contributed by atoms with Gasteiger partial charge in [-0.25, -0.2) is 0 Å². The van der Waals surface area contributed by atoms with Crippen LogP contribution in [0, 0.1) is 0 Å². The minimum Gasteiger partial charge on any atom is -0.385 e. The molecule has 1 fully saturated rings. The molecule has 11 heavy (non-hydrogen) atoms. The zero-order chi connectivity index (χ0) is 8.32. The molecule has 0 aliphatic carbocycles. The first-order valence-electron chi connectivity index (χ1n) is 3.65. The van der Waals surface area contributed by atoms with Gasteiger partial charge in [0.2, 0.25) is 5.91 Å². The second-order valence-corrected chi connectivity index (χ2v) is 4.23.